The van der Waals surface area contributed by atoms with Gasteiger partial charge in [0.15, 0.2) is 6.10 Å². The summed E-state index contributed by atoms with van der Waals surface area (Å²) >= 11 is 0. The van der Waals surface area contributed by atoms with Gasteiger partial charge in [-0.1, -0.05) is 295 Å². The van der Waals surface area contributed by atoms with Crippen molar-refractivity contribution in [2.45, 2.75) is 348 Å². The third kappa shape index (κ3) is 56.7. The van der Waals surface area contributed by atoms with E-state index in [2.05, 4.69) is 45.1 Å². The first-order chi connectivity index (χ1) is 34.0. The van der Waals surface area contributed by atoms with E-state index in [4.69, 9.17) is 14.2 Å². The Labute approximate surface area is 430 Å². The zero-order chi connectivity index (χ0) is 50.0. The summed E-state index contributed by atoms with van der Waals surface area (Å²) in [7, 11) is 0. The molecule has 0 amide bonds. The Morgan fingerprint density at radius 3 is 0.797 bits per heavy atom. The second-order valence-electron chi connectivity index (χ2n) is 21.0. The largest absolute Gasteiger partial charge is 0.462 e. The van der Waals surface area contributed by atoms with Gasteiger partial charge in [-0.05, 0) is 51.4 Å². The van der Waals surface area contributed by atoms with E-state index in [0.717, 1.165) is 64.2 Å². The molecule has 0 heterocycles. The first-order valence-corrected chi connectivity index (χ1v) is 30.8. The van der Waals surface area contributed by atoms with E-state index in [1.54, 1.807) is 0 Å². The number of esters is 3. The lowest BCUT2D eigenvalue weighted by molar-refractivity contribution is -0.167. The van der Waals surface area contributed by atoms with Gasteiger partial charge in [0, 0.05) is 19.3 Å². The van der Waals surface area contributed by atoms with Crippen LogP contribution >= 0.6 is 0 Å². The van der Waals surface area contributed by atoms with Crippen molar-refractivity contribution in [3.05, 3.63) is 24.3 Å². The number of allylic oxidation sites excluding steroid dienone is 4. The second kappa shape index (κ2) is 58.5. The quantitative estimate of drug-likeness (QED) is 0.0261. The predicted octanol–water partition coefficient (Wildman–Crippen LogP) is 20.7. The number of carbonyl (C=O) groups is 3. The van der Waals surface area contributed by atoms with E-state index in [1.165, 1.54) is 238 Å². The Morgan fingerprint density at radius 1 is 0.290 bits per heavy atom. The van der Waals surface area contributed by atoms with Gasteiger partial charge in [-0.2, -0.15) is 0 Å². The lowest BCUT2D eigenvalue weighted by Gasteiger charge is -2.18. The van der Waals surface area contributed by atoms with Crippen molar-refractivity contribution < 1.29 is 28.6 Å². The highest BCUT2D eigenvalue weighted by Gasteiger charge is 2.19. The highest BCUT2D eigenvalue weighted by Crippen LogP contribution is 2.17. The van der Waals surface area contributed by atoms with Gasteiger partial charge in [0.2, 0.25) is 0 Å². The van der Waals surface area contributed by atoms with Gasteiger partial charge in [-0.15, -0.1) is 0 Å². The van der Waals surface area contributed by atoms with Gasteiger partial charge < -0.3 is 14.2 Å². The van der Waals surface area contributed by atoms with Crippen molar-refractivity contribution in [2.24, 2.45) is 0 Å². The summed E-state index contributed by atoms with van der Waals surface area (Å²) in [6.07, 6.45) is 69.0. The molecule has 406 valence electrons. The summed E-state index contributed by atoms with van der Waals surface area (Å²) in [6.45, 7) is 6.67. The van der Waals surface area contributed by atoms with E-state index < -0.39 is 6.10 Å². The fourth-order valence-corrected chi connectivity index (χ4v) is 9.30. The maximum Gasteiger partial charge on any atom is 0.306 e. The van der Waals surface area contributed by atoms with Crippen LogP contribution in [0.2, 0.25) is 0 Å². The predicted molar refractivity (Wildman–Crippen MR) is 298 cm³/mol. The molecule has 0 N–H and O–H groups in total. The number of hydrogen-bond donors (Lipinski definition) is 0. The molecule has 6 nitrogen and oxygen atoms in total. The molecule has 6 heteroatoms. The summed E-state index contributed by atoms with van der Waals surface area (Å²) in [5.74, 6) is -0.843. The van der Waals surface area contributed by atoms with Crippen LogP contribution in [0.3, 0.4) is 0 Å². The molecule has 0 aliphatic rings. The Morgan fingerprint density at radius 2 is 0.522 bits per heavy atom. The average molecular weight is 972 g/mol. The van der Waals surface area contributed by atoms with Crippen molar-refractivity contribution in [2.75, 3.05) is 13.2 Å². The molecule has 0 radical (unpaired) electrons. The molecular weight excluding hydrogens is 853 g/mol. The van der Waals surface area contributed by atoms with Crippen LogP contribution in [-0.4, -0.2) is 37.2 Å². The molecule has 0 fully saturated rings. The molecule has 0 aliphatic carbocycles. The van der Waals surface area contributed by atoms with Crippen molar-refractivity contribution in [1.29, 1.82) is 0 Å². The molecule has 0 saturated carbocycles. The summed E-state index contributed by atoms with van der Waals surface area (Å²) in [4.78, 5) is 38.1. The highest BCUT2D eigenvalue weighted by atomic mass is 16.6. The van der Waals surface area contributed by atoms with Crippen LogP contribution in [0.15, 0.2) is 24.3 Å². The zero-order valence-electron chi connectivity index (χ0n) is 46.6. The van der Waals surface area contributed by atoms with Gasteiger partial charge in [0.05, 0.1) is 0 Å². The molecule has 0 aromatic rings. The molecule has 0 saturated heterocycles. The zero-order valence-corrected chi connectivity index (χ0v) is 46.6. The Hall–Kier alpha value is -2.11. The topological polar surface area (TPSA) is 78.9 Å². The Bertz CT molecular complexity index is 1110. The summed E-state index contributed by atoms with van der Waals surface area (Å²) in [6, 6.07) is 0. The van der Waals surface area contributed by atoms with Gasteiger partial charge in [-0.25, -0.2) is 0 Å². The van der Waals surface area contributed by atoms with Crippen molar-refractivity contribution in [1.82, 2.24) is 0 Å². The molecule has 0 spiro atoms. The molecular formula is C63H118O6. The van der Waals surface area contributed by atoms with Gasteiger partial charge in [-0.3, -0.25) is 14.4 Å². The molecule has 69 heavy (non-hydrogen) atoms. The van der Waals surface area contributed by atoms with E-state index in [0.29, 0.717) is 19.3 Å². The minimum absolute atomic E-state index is 0.0648. The number of hydrogen-bond acceptors (Lipinski definition) is 6. The maximum absolute atomic E-state index is 12.8. The lowest BCUT2D eigenvalue weighted by Crippen LogP contribution is -2.30. The minimum atomic E-state index is -0.764. The number of unbranched alkanes of at least 4 members (excludes halogenated alkanes) is 42. The van der Waals surface area contributed by atoms with E-state index in [1.807, 2.05) is 0 Å². The molecule has 1 atom stereocenters. The summed E-state index contributed by atoms with van der Waals surface area (Å²) in [5.41, 5.74) is 0. The lowest BCUT2D eigenvalue weighted by atomic mass is 10.0. The molecule has 1 unspecified atom stereocenters. The van der Waals surface area contributed by atoms with Crippen LogP contribution in [0.4, 0.5) is 0 Å². The van der Waals surface area contributed by atoms with Crippen LogP contribution in [0.5, 0.6) is 0 Å². The third-order valence-corrected chi connectivity index (χ3v) is 14.0. The first kappa shape index (κ1) is 66.9. The molecule has 0 aliphatic heterocycles. The first-order valence-electron chi connectivity index (χ1n) is 30.8. The van der Waals surface area contributed by atoms with Crippen LogP contribution < -0.4 is 0 Å². The summed E-state index contributed by atoms with van der Waals surface area (Å²) < 4.78 is 16.9. The fourth-order valence-electron chi connectivity index (χ4n) is 9.30. The second-order valence-corrected chi connectivity index (χ2v) is 21.0. The van der Waals surface area contributed by atoms with Crippen LogP contribution in [0.25, 0.3) is 0 Å². The van der Waals surface area contributed by atoms with Crippen LogP contribution in [-0.2, 0) is 28.6 Å². The highest BCUT2D eigenvalue weighted by molar-refractivity contribution is 5.71. The number of carbonyl (C=O) groups excluding carboxylic acids is 3. The standard InChI is InChI=1S/C63H118O6/c1-4-7-10-13-16-19-22-24-26-27-28-29-30-31-32-33-34-35-36-37-38-40-41-44-47-50-53-56-62(65)68-59-60(58-67-61(64)55-52-49-46-43-21-18-15-12-9-6-3)69-63(66)57-54-51-48-45-42-39-25-23-20-17-14-11-8-5-2/h22,24,27-28,60H,4-21,23,25-26,29-59H2,1-3H3/b24-22-,28-27-. The van der Waals surface area contributed by atoms with E-state index >= 15 is 0 Å². The van der Waals surface area contributed by atoms with E-state index in [-0.39, 0.29) is 31.1 Å². The normalized spacial score (nSPS) is 12.1. The molecule has 0 bridgehead atoms. The van der Waals surface area contributed by atoms with Crippen molar-refractivity contribution >= 4 is 17.9 Å². The average Bonchev–Trinajstić information content (AvgIpc) is 3.35. The van der Waals surface area contributed by atoms with Crippen molar-refractivity contribution in [3.8, 4) is 0 Å². The smallest absolute Gasteiger partial charge is 0.306 e. The monoisotopic (exact) mass is 971 g/mol. The third-order valence-electron chi connectivity index (χ3n) is 14.0. The fraction of sp³-hybridized carbons (Fsp3) is 0.889. The Balaban J connectivity index is 4.12. The SMILES string of the molecule is CCCCCCC/C=C\C/C=C\CCCCCCCCCCCCCCCCCC(=O)OCC(COC(=O)CCCCCCCCCCCC)OC(=O)CCCCCCCCCCCCCCCC. The van der Waals surface area contributed by atoms with Gasteiger partial charge in [0.25, 0.3) is 0 Å². The minimum Gasteiger partial charge on any atom is -0.462 e. The van der Waals surface area contributed by atoms with Crippen molar-refractivity contribution in [3.63, 3.8) is 0 Å². The van der Waals surface area contributed by atoms with E-state index in [9.17, 15) is 14.4 Å². The van der Waals surface area contributed by atoms with Gasteiger partial charge in [0.1, 0.15) is 13.2 Å². The number of ether oxygens (including phenoxy) is 3. The molecule has 0 aromatic carbocycles. The number of rotatable bonds is 57. The van der Waals surface area contributed by atoms with Gasteiger partial charge >= 0.3 is 17.9 Å². The van der Waals surface area contributed by atoms with Crippen LogP contribution in [0.1, 0.15) is 342 Å². The summed E-state index contributed by atoms with van der Waals surface area (Å²) in [5, 5.41) is 0. The molecule has 0 rings (SSSR count). The Kier molecular flexibility index (Phi) is 56.7. The van der Waals surface area contributed by atoms with Crippen LogP contribution in [0, 0.1) is 0 Å². The maximum atomic E-state index is 12.8. The molecule has 0 aromatic heterocycles.